The van der Waals surface area contributed by atoms with Crippen LogP contribution in [0.25, 0.3) is 0 Å². The standard InChI is InChI=1S/C13H26NO/c1-9-11(3,4)10(2)13(7,8)14(15)12(9,5)6/h9-10H,1-8H3. The van der Waals surface area contributed by atoms with E-state index in [1.165, 1.54) is 5.06 Å². The van der Waals surface area contributed by atoms with Crippen LogP contribution >= 0.6 is 0 Å². The Morgan fingerprint density at radius 2 is 1.07 bits per heavy atom. The van der Waals surface area contributed by atoms with Gasteiger partial charge in [0.15, 0.2) is 0 Å². The maximum Gasteiger partial charge on any atom is 0.0474 e. The first kappa shape index (κ1) is 13.0. The molecule has 0 amide bonds. The van der Waals surface area contributed by atoms with Crippen molar-refractivity contribution < 1.29 is 5.21 Å². The van der Waals surface area contributed by atoms with Gasteiger partial charge in [-0.05, 0) is 44.9 Å². The average Bonchev–Trinajstić information content (AvgIpc) is 2.12. The van der Waals surface area contributed by atoms with Crippen molar-refractivity contribution in [1.82, 2.24) is 5.06 Å². The van der Waals surface area contributed by atoms with Crippen molar-refractivity contribution in [3.8, 4) is 0 Å². The normalized spacial score (nSPS) is 39.0. The SMILES string of the molecule is CC1C(C)(C)C(C)C(C)(C)N([O])C1(C)C. The molecule has 1 rings (SSSR count). The molecular formula is C13H26NO. The molecule has 1 aliphatic heterocycles. The molecular weight excluding hydrogens is 186 g/mol. The second-order valence-corrected chi connectivity index (χ2v) is 6.87. The molecule has 0 bridgehead atoms. The average molecular weight is 212 g/mol. The summed E-state index contributed by atoms with van der Waals surface area (Å²) < 4.78 is 0. The largest absolute Gasteiger partial charge is 0.143 e. The molecule has 2 heteroatoms. The molecule has 89 valence electrons. The second-order valence-electron chi connectivity index (χ2n) is 6.87. The van der Waals surface area contributed by atoms with Gasteiger partial charge in [0.1, 0.15) is 0 Å². The Morgan fingerprint density at radius 1 is 0.800 bits per heavy atom. The minimum Gasteiger partial charge on any atom is -0.143 e. The predicted octanol–water partition coefficient (Wildman–Crippen LogP) is 3.50. The molecule has 0 spiro atoms. The van der Waals surface area contributed by atoms with E-state index in [-0.39, 0.29) is 16.5 Å². The third kappa shape index (κ3) is 1.53. The molecule has 0 aromatic carbocycles. The van der Waals surface area contributed by atoms with Crippen LogP contribution in [0.15, 0.2) is 0 Å². The number of hydrogen-bond acceptors (Lipinski definition) is 1. The van der Waals surface area contributed by atoms with Crippen LogP contribution in [-0.2, 0) is 5.21 Å². The summed E-state index contributed by atoms with van der Waals surface area (Å²) >= 11 is 0. The van der Waals surface area contributed by atoms with Crippen LogP contribution in [0.1, 0.15) is 55.4 Å². The Labute approximate surface area is 94.6 Å². The Bertz CT molecular complexity index is 194. The highest BCUT2D eigenvalue weighted by atomic mass is 16.5. The fraction of sp³-hybridized carbons (Fsp3) is 1.00. The fourth-order valence-electron chi connectivity index (χ4n) is 3.29. The van der Waals surface area contributed by atoms with Crippen LogP contribution in [-0.4, -0.2) is 16.1 Å². The number of piperidine rings is 1. The zero-order chi connectivity index (χ0) is 12.2. The van der Waals surface area contributed by atoms with Gasteiger partial charge >= 0.3 is 0 Å². The lowest BCUT2D eigenvalue weighted by Gasteiger charge is -2.61. The van der Waals surface area contributed by atoms with Gasteiger partial charge in [0.2, 0.25) is 0 Å². The summed E-state index contributed by atoms with van der Waals surface area (Å²) in [7, 11) is 0. The van der Waals surface area contributed by atoms with Crippen molar-refractivity contribution in [3.63, 3.8) is 0 Å². The van der Waals surface area contributed by atoms with E-state index in [1.807, 2.05) is 0 Å². The number of rotatable bonds is 0. The van der Waals surface area contributed by atoms with Gasteiger partial charge < -0.3 is 0 Å². The zero-order valence-corrected chi connectivity index (χ0v) is 11.5. The topological polar surface area (TPSA) is 23.1 Å². The van der Waals surface area contributed by atoms with Crippen LogP contribution < -0.4 is 0 Å². The molecule has 1 radical (unpaired) electrons. The molecule has 0 N–H and O–H groups in total. The van der Waals surface area contributed by atoms with Crippen LogP contribution in [0.4, 0.5) is 0 Å². The maximum absolute atomic E-state index is 12.4. The fourth-order valence-corrected chi connectivity index (χ4v) is 3.29. The highest BCUT2D eigenvalue weighted by molar-refractivity contribution is 5.07. The lowest BCUT2D eigenvalue weighted by molar-refractivity contribution is -0.335. The highest BCUT2D eigenvalue weighted by Crippen LogP contribution is 2.54. The molecule has 0 saturated carbocycles. The molecule has 1 heterocycles. The quantitative estimate of drug-likeness (QED) is 0.602. The lowest BCUT2D eigenvalue weighted by atomic mass is 9.55. The number of hydroxylamine groups is 2. The zero-order valence-electron chi connectivity index (χ0n) is 11.5. The summed E-state index contributed by atoms with van der Waals surface area (Å²) in [4.78, 5) is 0. The maximum atomic E-state index is 12.4. The van der Waals surface area contributed by atoms with E-state index in [0.717, 1.165) is 0 Å². The Kier molecular flexibility index (Phi) is 2.78. The molecule has 15 heavy (non-hydrogen) atoms. The Balaban J connectivity index is 3.24. The smallest absolute Gasteiger partial charge is 0.0474 e. The van der Waals surface area contributed by atoms with Gasteiger partial charge in [-0.15, -0.1) is 10.3 Å². The van der Waals surface area contributed by atoms with Gasteiger partial charge in [0, 0.05) is 11.1 Å². The summed E-state index contributed by atoms with van der Waals surface area (Å²) in [5, 5.41) is 13.7. The van der Waals surface area contributed by atoms with Crippen molar-refractivity contribution in [3.05, 3.63) is 0 Å². The van der Waals surface area contributed by atoms with Gasteiger partial charge in [-0.2, -0.15) is 0 Å². The van der Waals surface area contributed by atoms with Crippen molar-refractivity contribution in [2.24, 2.45) is 17.3 Å². The molecule has 0 aromatic rings. The first-order valence-corrected chi connectivity index (χ1v) is 5.94. The van der Waals surface area contributed by atoms with Crippen LogP contribution in [0.3, 0.4) is 0 Å². The van der Waals surface area contributed by atoms with Crippen LogP contribution in [0.5, 0.6) is 0 Å². The van der Waals surface area contributed by atoms with E-state index < -0.39 is 0 Å². The number of hydrogen-bond donors (Lipinski definition) is 0. The lowest BCUT2D eigenvalue weighted by Crippen LogP contribution is -2.68. The van der Waals surface area contributed by atoms with Gasteiger partial charge in [-0.25, -0.2) is 0 Å². The van der Waals surface area contributed by atoms with E-state index in [0.29, 0.717) is 11.8 Å². The van der Waals surface area contributed by atoms with Crippen molar-refractivity contribution in [2.45, 2.75) is 66.5 Å². The van der Waals surface area contributed by atoms with Crippen LogP contribution in [0, 0.1) is 17.3 Å². The van der Waals surface area contributed by atoms with Crippen LogP contribution in [0.2, 0.25) is 0 Å². The Morgan fingerprint density at radius 3 is 1.33 bits per heavy atom. The molecule has 2 nitrogen and oxygen atoms in total. The van der Waals surface area contributed by atoms with Crippen molar-refractivity contribution in [1.29, 1.82) is 0 Å². The van der Waals surface area contributed by atoms with Crippen molar-refractivity contribution in [2.75, 3.05) is 0 Å². The van der Waals surface area contributed by atoms with Crippen molar-refractivity contribution >= 4 is 0 Å². The first-order chi connectivity index (χ1) is 6.46. The molecule has 0 aromatic heterocycles. The van der Waals surface area contributed by atoms with E-state index in [1.54, 1.807) is 0 Å². The minimum atomic E-state index is -0.278. The minimum absolute atomic E-state index is 0.202. The summed E-state index contributed by atoms with van der Waals surface area (Å²) in [5.74, 6) is 0.788. The monoisotopic (exact) mass is 212 g/mol. The molecule has 2 atom stereocenters. The van der Waals surface area contributed by atoms with E-state index in [9.17, 15) is 5.21 Å². The first-order valence-electron chi connectivity index (χ1n) is 5.94. The molecule has 0 aliphatic carbocycles. The summed E-state index contributed by atoms with van der Waals surface area (Å²) in [6.45, 7) is 17.3. The van der Waals surface area contributed by atoms with E-state index in [4.69, 9.17) is 0 Å². The highest BCUT2D eigenvalue weighted by Gasteiger charge is 2.58. The number of nitrogens with zero attached hydrogens (tertiary/aromatic N) is 1. The molecule has 1 aliphatic rings. The summed E-state index contributed by atoms with van der Waals surface area (Å²) in [5.41, 5.74) is -0.354. The summed E-state index contributed by atoms with van der Waals surface area (Å²) in [6, 6.07) is 0. The molecule has 2 unspecified atom stereocenters. The molecule has 1 saturated heterocycles. The van der Waals surface area contributed by atoms with Gasteiger partial charge in [-0.1, -0.05) is 27.7 Å². The van der Waals surface area contributed by atoms with E-state index in [2.05, 4.69) is 55.4 Å². The predicted molar refractivity (Wildman–Crippen MR) is 62.8 cm³/mol. The molecule has 1 fully saturated rings. The second kappa shape index (κ2) is 3.21. The Hall–Kier alpha value is -0.0800. The summed E-state index contributed by atoms with van der Waals surface area (Å²) in [6.07, 6.45) is 0. The van der Waals surface area contributed by atoms with Gasteiger partial charge in [-0.3, -0.25) is 0 Å². The van der Waals surface area contributed by atoms with E-state index >= 15 is 0 Å². The third-order valence-electron chi connectivity index (χ3n) is 5.40. The van der Waals surface area contributed by atoms with Gasteiger partial charge in [0.05, 0.1) is 0 Å². The third-order valence-corrected chi connectivity index (χ3v) is 5.40. The van der Waals surface area contributed by atoms with Gasteiger partial charge in [0.25, 0.3) is 0 Å².